The van der Waals surface area contributed by atoms with E-state index in [0.717, 1.165) is 25.8 Å². The number of carbonyl (C=O) groups excluding carboxylic acids is 1. The van der Waals surface area contributed by atoms with E-state index in [9.17, 15) is 13.2 Å². The zero-order valence-corrected chi connectivity index (χ0v) is 20.2. The lowest BCUT2D eigenvalue weighted by Crippen LogP contribution is -2.41. The van der Waals surface area contributed by atoms with Gasteiger partial charge in [0.1, 0.15) is 11.6 Å². The monoisotopic (exact) mass is 459 g/mol. The first-order valence-corrected chi connectivity index (χ1v) is 12.5. The summed E-state index contributed by atoms with van der Waals surface area (Å²) in [5.41, 5.74) is 0.0439. The standard InChI is InChI=1S/C23H33N5O3S/c1-6-9-17(3)25-19-11-7-12-20(26-19)32(30,31)27-22(29)18-10-8-13-24-21(18)28-15-16(2)14-23(28,4)5/h7-8,10-13,16-17H,6,9,14-15H2,1-5H3,(H,25,26)(H,27,29). The van der Waals surface area contributed by atoms with E-state index in [2.05, 4.69) is 52.6 Å². The number of nitrogens with one attached hydrogen (secondary N) is 2. The van der Waals surface area contributed by atoms with Gasteiger partial charge < -0.3 is 10.2 Å². The first kappa shape index (κ1) is 24.0. The summed E-state index contributed by atoms with van der Waals surface area (Å²) in [6, 6.07) is 8.09. The Morgan fingerprint density at radius 1 is 1.28 bits per heavy atom. The van der Waals surface area contributed by atoms with E-state index in [4.69, 9.17) is 0 Å². The van der Waals surface area contributed by atoms with Gasteiger partial charge in [-0.1, -0.05) is 26.3 Å². The van der Waals surface area contributed by atoms with Crippen LogP contribution in [0.2, 0.25) is 0 Å². The predicted molar refractivity (Wildman–Crippen MR) is 126 cm³/mol. The molecule has 2 aromatic rings. The minimum Gasteiger partial charge on any atom is -0.368 e. The fourth-order valence-corrected chi connectivity index (χ4v) is 5.32. The van der Waals surface area contributed by atoms with E-state index < -0.39 is 15.9 Å². The number of hydrogen-bond acceptors (Lipinski definition) is 7. The summed E-state index contributed by atoms with van der Waals surface area (Å²) in [7, 11) is -4.15. The molecule has 1 aliphatic rings. The van der Waals surface area contributed by atoms with Crippen LogP contribution in [-0.2, 0) is 10.0 Å². The van der Waals surface area contributed by atoms with Crippen LogP contribution in [0.3, 0.4) is 0 Å². The van der Waals surface area contributed by atoms with Crippen molar-refractivity contribution >= 4 is 27.6 Å². The molecule has 0 bridgehead atoms. The van der Waals surface area contributed by atoms with Crippen molar-refractivity contribution in [1.82, 2.24) is 14.7 Å². The number of sulfonamides is 1. The maximum absolute atomic E-state index is 13.1. The van der Waals surface area contributed by atoms with E-state index in [1.165, 1.54) is 6.07 Å². The van der Waals surface area contributed by atoms with Gasteiger partial charge in [-0.15, -0.1) is 0 Å². The van der Waals surface area contributed by atoms with Crippen molar-refractivity contribution in [2.45, 2.75) is 70.5 Å². The highest BCUT2D eigenvalue weighted by molar-refractivity contribution is 7.90. The lowest BCUT2D eigenvalue weighted by atomic mass is 9.97. The molecule has 0 spiro atoms. The minimum atomic E-state index is -4.15. The zero-order chi connectivity index (χ0) is 23.5. The smallest absolute Gasteiger partial charge is 0.281 e. The summed E-state index contributed by atoms with van der Waals surface area (Å²) in [5, 5.41) is 2.99. The summed E-state index contributed by atoms with van der Waals surface area (Å²) in [5.74, 6) is 0.673. The summed E-state index contributed by atoms with van der Waals surface area (Å²) in [6.45, 7) is 11.2. The second-order valence-electron chi connectivity index (χ2n) is 9.24. The first-order chi connectivity index (χ1) is 15.0. The average Bonchev–Trinajstić information content (AvgIpc) is 2.99. The van der Waals surface area contributed by atoms with Crippen LogP contribution in [0.4, 0.5) is 11.6 Å². The lowest BCUT2D eigenvalue weighted by Gasteiger charge is -2.33. The molecular weight excluding hydrogens is 426 g/mol. The van der Waals surface area contributed by atoms with Crippen LogP contribution in [0.15, 0.2) is 41.6 Å². The van der Waals surface area contributed by atoms with Crippen molar-refractivity contribution in [1.29, 1.82) is 0 Å². The quantitative estimate of drug-likeness (QED) is 0.618. The third-order valence-corrected chi connectivity index (χ3v) is 6.93. The highest BCUT2D eigenvalue weighted by Gasteiger charge is 2.39. The molecule has 1 saturated heterocycles. The number of aromatic nitrogens is 2. The molecule has 0 radical (unpaired) electrons. The van der Waals surface area contributed by atoms with Crippen LogP contribution in [0.25, 0.3) is 0 Å². The van der Waals surface area contributed by atoms with Gasteiger partial charge in [-0.2, -0.15) is 8.42 Å². The Kier molecular flexibility index (Phi) is 7.07. The van der Waals surface area contributed by atoms with Gasteiger partial charge in [0.15, 0.2) is 5.03 Å². The Bertz CT molecular complexity index is 1070. The molecule has 1 fully saturated rings. The van der Waals surface area contributed by atoms with Crippen LogP contribution < -0.4 is 14.9 Å². The maximum atomic E-state index is 13.1. The van der Waals surface area contributed by atoms with Gasteiger partial charge >= 0.3 is 0 Å². The fraction of sp³-hybridized carbons (Fsp3) is 0.522. The van der Waals surface area contributed by atoms with E-state index >= 15 is 0 Å². The molecule has 0 aromatic carbocycles. The number of carbonyl (C=O) groups is 1. The first-order valence-electron chi connectivity index (χ1n) is 11.1. The second-order valence-corrected chi connectivity index (χ2v) is 10.9. The third-order valence-electron chi connectivity index (χ3n) is 5.70. The topological polar surface area (TPSA) is 104 Å². The van der Waals surface area contributed by atoms with E-state index in [1.54, 1.807) is 30.5 Å². The summed E-state index contributed by atoms with van der Waals surface area (Å²) in [6.07, 6.45) is 4.52. The Hall–Kier alpha value is -2.68. The van der Waals surface area contributed by atoms with Gasteiger partial charge in [0.2, 0.25) is 0 Å². The molecule has 174 valence electrons. The molecule has 2 atom stereocenters. The van der Waals surface area contributed by atoms with Gasteiger partial charge in [0.05, 0.1) is 5.56 Å². The molecule has 2 N–H and O–H groups in total. The van der Waals surface area contributed by atoms with E-state index in [-0.39, 0.29) is 22.2 Å². The van der Waals surface area contributed by atoms with Crippen molar-refractivity contribution in [3.63, 3.8) is 0 Å². The van der Waals surface area contributed by atoms with Crippen molar-refractivity contribution in [3.8, 4) is 0 Å². The van der Waals surface area contributed by atoms with Gasteiger partial charge in [-0.25, -0.2) is 14.7 Å². The largest absolute Gasteiger partial charge is 0.368 e. The van der Waals surface area contributed by atoms with E-state index in [0.29, 0.717) is 17.6 Å². The number of anilines is 2. The lowest BCUT2D eigenvalue weighted by molar-refractivity contribution is 0.0981. The SMILES string of the molecule is CCCC(C)Nc1cccc(S(=O)(=O)NC(=O)c2cccnc2N2CC(C)CC2(C)C)n1. The van der Waals surface area contributed by atoms with Gasteiger partial charge in [-0.3, -0.25) is 4.79 Å². The van der Waals surface area contributed by atoms with Crippen molar-refractivity contribution < 1.29 is 13.2 Å². The van der Waals surface area contributed by atoms with Crippen LogP contribution in [0.1, 0.15) is 64.2 Å². The minimum absolute atomic E-state index is 0.157. The second kappa shape index (κ2) is 9.44. The average molecular weight is 460 g/mol. The summed E-state index contributed by atoms with van der Waals surface area (Å²) < 4.78 is 28.0. The predicted octanol–water partition coefficient (Wildman–Crippen LogP) is 3.82. The number of nitrogens with zero attached hydrogens (tertiary/aromatic N) is 3. The molecule has 1 aliphatic heterocycles. The van der Waals surface area contributed by atoms with Crippen LogP contribution in [0, 0.1) is 5.92 Å². The molecule has 3 heterocycles. The molecule has 0 aliphatic carbocycles. The number of hydrogen-bond donors (Lipinski definition) is 2. The molecule has 2 unspecified atom stereocenters. The fourth-order valence-electron chi connectivity index (χ4n) is 4.38. The molecule has 2 aromatic heterocycles. The Morgan fingerprint density at radius 3 is 2.69 bits per heavy atom. The number of rotatable bonds is 8. The Balaban J connectivity index is 1.84. The summed E-state index contributed by atoms with van der Waals surface area (Å²) in [4.78, 5) is 23.8. The Morgan fingerprint density at radius 2 is 2.03 bits per heavy atom. The Labute approximate surface area is 190 Å². The molecule has 3 rings (SSSR count). The molecule has 32 heavy (non-hydrogen) atoms. The van der Waals surface area contributed by atoms with Crippen molar-refractivity contribution in [2.24, 2.45) is 5.92 Å². The maximum Gasteiger partial charge on any atom is 0.281 e. The third kappa shape index (κ3) is 5.38. The molecule has 1 amide bonds. The molecule has 8 nitrogen and oxygen atoms in total. The highest BCUT2D eigenvalue weighted by Crippen LogP contribution is 2.37. The summed E-state index contributed by atoms with van der Waals surface area (Å²) >= 11 is 0. The van der Waals surface area contributed by atoms with E-state index in [1.807, 2.05) is 6.92 Å². The highest BCUT2D eigenvalue weighted by atomic mass is 32.2. The normalized spacial score (nSPS) is 18.9. The van der Waals surface area contributed by atoms with Crippen LogP contribution in [-0.4, -0.2) is 42.4 Å². The van der Waals surface area contributed by atoms with Gasteiger partial charge in [0.25, 0.3) is 15.9 Å². The molecule has 9 heteroatoms. The molecular formula is C23H33N5O3S. The van der Waals surface area contributed by atoms with Crippen molar-refractivity contribution in [2.75, 3.05) is 16.8 Å². The number of amides is 1. The number of pyridine rings is 2. The van der Waals surface area contributed by atoms with Crippen LogP contribution in [0.5, 0.6) is 0 Å². The zero-order valence-electron chi connectivity index (χ0n) is 19.4. The van der Waals surface area contributed by atoms with Gasteiger partial charge in [0, 0.05) is 24.3 Å². The molecule has 0 saturated carbocycles. The van der Waals surface area contributed by atoms with Crippen molar-refractivity contribution in [3.05, 3.63) is 42.1 Å². The van der Waals surface area contributed by atoms with Gasteiger partial charge in [-0.05, 0) is 63.8 Å². The van der Waals surface area contributed by atoms with Crippen LogP contribution >= 0.6 is 0 Å².